The quantitative estimate of drug-likeness (QED) is 0.528. The van der Waals surface area contributed by atoms with Gasteiger partial charge in [-0.1, -0.05) is 22.0 Å². The third kappa shape index (κ3) is 5.33. The fourth-order valence-corrected chi connectivity index (χ4v) is 4.88. The van der Waals surface area contributed by atoms with Crippen LogP contribution in [0.2, 0.25) is 0 Å². The number of sulfonamides is 1. The van der Waals surface area contributed by atoms with Gasteiger partial charge in [0.05, 0.1) is 15.5 Å². The Labute approximate surface area is 189 Å². The summed E-state index contributed by atoms with van der Waals surface area (Å²) in [5, 5.41) is 2.69. The maximum absolute atomic E-state index is 13.0. The predicted molar refractivity (Wildman–Crippen MR) is 124 cm³/mol. The normalized spacial score (nSPS) is 11.7. The molecule has 0 radical (unpaired) electrons. The number of hydrogen-bond acceptors (Lipinski definition) is 5. The maximum Gasteiger partial charge on any atom is 0.264 e. The van der Waals surface area contributed by atoms with Gasteiger partial charge in [0.2, 0.25) is 0 Å². The summed E-state index contributed by atoms with van der Waals surface area (Å²) in [4.78, 5) is 12.5. The van der Waals surface area contributed by atoms with E-state index in [2.05, 4.69) is 21.2 Å². The zero-order chi connectivity index (χ0) is 22.8. The Balaban J connectivity index is 1.84. The van der Waals surface area contributed by atoms with E-state index in [0.29, 0.717) is 16.9 Å². The molecule has 0 fully saturated rings. The highest BCUT2D eigenvalue weighted by atomic mass is 79.9. The fourth-order valence-electron chi connectivity index (χ4n) is 2.74. The molecule has 0 aliphatic heterocycles. The summed E-state index contributed by atoms with van der Waals surface area (Å²) in [6, 6.07) is 18.2. The van der Waals surface area contributed by atoms with Crippen LogP contribution in [0, 0.1) is 0 Å². The van der Waals surface area contributed by atoms with Gasteiger partial charge in [0, 0.05) is 29.0 Å². The second-order valence-corrected chi connectivity index (χ2v) is 11.6. The van der Waals surface area contributed by atoms with Gasteiger partial charge in [-0.05, 0) is 66.7 Å². The van der Waals surface area contributed by atoms with Crippen molar-refractivity contribution in [2.24, 2.45) is 0 Å². The first-order chi connectivity index (χ1) is 14.5. The number of benzene rings is 3. The molecule has 3 aromatic carbocycles. The van der Waals surface area contributed by atoms with Crippen molar-refractivity contribution >= 4 is 53.1 Å². The molecule has 0 atom stereocenters. The van der Waals surface area contributed by atoms with Crippen molar-refractivity contribution in [3.8, 4) is 0 Å². The van der Waals surface area contributed by atoms with E-state index in [9.17, 15) is 21.6 Å². The molecule has 162 valence electrons. The molecule has 1 amide bonds. The molecule has 0 aliphatic carbocycles. The lowest BCUT2D eigenvalue weighted by Gasteiger charge is -2.20. The molecule has 0 aliphatic rings. The van der Waals surface area contributed by atoms with Crippen LogP contribution in [0.4, 0.5) is 11.4 Å². The number of hydrogen-bond donors (Lipinski definition) is 1. The standard InChI is InChI=1S/C21H19BrN2O5S2/c1-24(18-10-12-19(13-11-18)30(2,26)27)31(28,29)20-5-3-4-17(14-20)23-21(25)15-6-8-16(22)9-7-15/h3-14H,1-2H3,(H,23,25). The molecule has 0 saturated heterocycles. The molecule has 3 aromatic rings. The fraction of sp³-hybridized carbons (Fsp3) is 0.0952. The zero-order valence-electron chi connectivity index (χ0n) is 16.6. The molecule has 0 bridgehead atoms. The van der Waals surface area contributed by atoms with Gasteiger partial charge in [-0.3, -0.25) is 9.10 Å². The van der Waals surface area contributed by atoms with E-state index in [1.54, 1.807) is 30.3 Å². The van der Waals surface area contributed by atoms with Gasteiger partial charge in [-0.25, -0.2) is 16.8 Å². The molecular weight excluding hydrogens is 504 g/mol. The smallest absolute Gasteiger partial charge is 0.264 e. The van der Waals surface area contributed by atoms with Gasteiger partial charge in [-0.2, -0.15) is 0 Å². The Bertz CT molecular complexity index is 1320. The van der Waals surface area contributed by atoms with E-state index in [0.717, 1.165) is 15.0 Å². The van der Waals surface area contributed by atoms with Crippen molar-refractivity contribution in [1.29, 1.82) is 0 Å². The predicted octanol–water partition coefficient (Wildman–Crippen LogP) is 3.93. The Kier molecular flexibility index (Phi) is 6.54. The Hall–Kier alpha value is -2.69. The Morgan fingerprint density at radius 3 is 2.06 bits per heavy atom. The van der Waals surface area contributed by atoms with Gasteiger partial charge in [0.1, 0.15) is 0 Å². The van der Waals surface area contributed by atoms with Crippen LogP contribution in [-0.4, -0.2) is 36.0 Å². The average molecular weight is 523 g/mol. The molecule has 0 saturated carbocycles. The average Bonchev–Trinajstić information content (AvgIpc) is 2.73. The minimum absolute atomic E-state index is 0.0178. The van der Waals surface area contributed by atoms with Crippen LogP contribution in [0.3, 0.4) is 0 Å². The minimum Gasteiger partial charge on any atom is -0.322 e. The van der Waals surface area contributed by atoms with E-state index in [4.69, 9.17) is 0 Å². The number of rotatable bonds is 6. The van der Waals surface area contributed by atoms with Crippen molar-refractivity contribution in [2.45, 2.75) is 9.79 Å². The SMILES string of the molecule is CN(c1ccc(S(C)(=O)=O)cc1)S(=O)(=O)c1cccc(NC(=O)c2ccc(Br)cc2)c1. The van der Waals surface area contributed by atoms with Crippen LogP contribution in [0.15, 0.2) is 87.1 Å². The Morgan fingerprint density at radius 2 is 1.48 bits per heavy atom. The number of carbonyl (C=O) groups is 1. The van der Waals surface area contributed by atoms with Gasteiger partial charge in [0.15, 0.2) is 9.84 Å². The van der Waals surface area contributed by atoms with Gasteiger partial charge in [-0.15, -0.1) is 0 Å². The van der Waals surface area contributed by atoms with Crippen molar-refractivity contribution in [3.63, 3.8) is 0 Å². The summed E-state index contributed by atoms with van der Waals surface area (Å²) >= 11 is 3.31. The van der Waals surface area contributed by atoms with E-state index < -0.39 is 19.9 Å². The molecule has 0 unspecified atom stereocenters. The molecule has 0 aromatic heterocycles. The lowest BCUT2D eigenvalue weighted by molar-refractivity contribution is 0.102. The number of nitrogens with zero attached hydrogens (tertiary/aromatic N) is 1. The van der Waals surface area contributed by atoms with Crippen LogP contribution in [-0.2, 0) is 19.9 Å². The lowest BCUT2D eigenvalue weighted by atomic mass is 10.2. The first-order valence-electron chi connectivity index (χ1n) is 8.94. The number of halogens is 1. The van der Waals surface area contributed by atoms with Crippen LogP contribution in [0.5, 0.6) is 0 Å². The second kappa shape index (κ2) is 8.81. The van der Waals surface area contributed by atoms with Crippen LogP contribution >= 0.6 is 15.9 Å². The largest absolute Gasteiger partial charge is 0.322 e. The van der Waals surface area contributed by atoms with E-state index in [1.807, 2.05) is 0 Å². The summed E-state index contributed by atoms with van der Waals surface area (Å²) < 4.78 is 51.2. The summed E-state index contributed by atoms with van der Waals surface area (Å²) in [5.41, 5.74) is 1.06. The molecule has 0 heterocycles. The number of sulfone groups is 1. The van der Waals surface area contributed by atoms with E-state index in [1.165, 1.54) is 49.5 Å². The molecule has 0 spiro atoms. The molecular formula is C21H19BrN2O5S2. The highest BCUT2D eigenvalue weighted by Crippen LogP contribution is 2.25. The zero-order valence-corrected chi connectivity index (χ0v) is 19.8. The molecule has 3 rings (SSSR count). The third-order valence-corrected chi connectivity index (χ3v) is 7.92. The summed E-state index contributed by atoms with van der Waals surface area (Å²) in [6.07, 6.45) is 1.08. The molecule has 31 heavy (non-hydrogen) atoms. The van der Waals surface area contributed by atoms with Gasteiger partial charge >= 0.3 is 0 Å². The van der Waals surface area contributed by atoms with Crippen molar-refractivity contribution in [3.05, 3.63) is 82.8 Å². The molecule has 10 heteroatoms. The first kappa shape index (κ1) is 23.0. The Morgan fingerprint density at radius 1 is 0.871 bits per heavy atom. The summed E-state index contributed by atoms with van der Waals surface area (Å²) in [6.45, 7) is 0. The van der Waals surface area contributed by atoms with E-state index in [-0.39, 0.29) is 15.7 Å². The number of carbonyl (C=O) groups excluding carboxylic acids is 1. The molecule has 7 nitrogen and oxygen atoms in total. The monoisotopic (exact) mass is 522 g/mol. The lowest BCUT2D eigenvalue weighted by Crippen LogP contribution is -2.26. The third-order valence-electron chi connectivity index (χ3n) is 4.49. The van der Waals surface area contributed by atoms with Gasteiger partial charge in [0.25, 0.3) is 15.9 Å². The second-order valence-electron chi connectivity index (χ2n) is 6.73. The topological polar surface area (TPSA) is 101 Å². The van der Waals surface area contributed by atoms with Crippen molar-refractivity contribution in [1.82, 2.24) is 0 Å². The van der Waals surface area contributed by atoms with Crippen molar-refractivity contribution < 1.29 is 21.6 Å². The number of nitrogens with one attached hydrogen (secondary N) is 1. The van der Waals surface area contributed by atoms with Crippen LogP contribution in [0.1, 0.15) is 10.4 Å². The van der Waals surface area contributed by atoms with Crippen LogP contribution < -0.4 is 9.62 Å². The van der Waals surface area contributed by atoms with E-state index >= 15 is 0 Å². The summed E-state index contributed by atoms with van der Waals surface area (Å²) in [7, 11) is -5.96. The number of amides is 1. The van der Waals surface area contributed by atoms with Crippen LogP contribution in [0.25, 0.3) is 0 Å². The highest BCUT2D eigenvalue weighted by Gasteiger charge is 2.22. The van der Waals surface area contributed by atoms with Gasteiger partial charge < -0.3 is 5.32 Å². The number of anilines is 2. The maximum atomic E-state index is 13.0. The highest BCUT2D eigenvalue weighted by molar-refractivity contribution is 9.10. The molecule has 1 N–H and O–H groups in total. The summed E-state index contributed by atoms with van der Waals surface area (Å²) in [5.74, 6) is -0.369. The first-order valence-corrected chi connectivity index (χ1v) is 13.1. The minimum atomic E-state index is -3.94. The van der Waals surface area contributed by atoms with Crippen molar-refractivity contribution in [2.75, 3.05) is 22.9 Å².